The van der Waals surface area contributed by atoms with E-state index < -0.39 is 0 Å². The van der Waals surface area contributed by atoms with Gasteiger partial charge in [-0.15, -0.1) is 0 Å². The molecule has 0 atom stereocenters. The first kappa shape index (κ1) is 49.2. The Labute approximate surface area is 496 Å². The van der Waals surface area contributed by atoms with Gasteiger partial charge in [-0.1, -0.05) is 231 Å². The van der Waals surface area contributed by atoms with Gasteiger partial charge in [0.05, 0.1) is 11.4 Å². The summed E-state index contributed by atoms with van der Waals surface area (Å²) in [4.78, 5) is 4.79. The van der Waals surface area contributed by atoms with E-state index in [1.54, 1.807) is 0 Å². The molecule has 402 valence electrons. The normalized spacial score (nSPS) is 11.7. The molecule has 0 aliphatic rings. The van der Waals surface area contributed by atoms with Gasteiger partial charge >= 0.3 is 0 Å². The lowest BCUT2D eigenvalue weighted by molar-refractivity contribution is 0.668. The quantitative estimate of drug-likeness (QED) is 0.128. The summed E-state index contributed by atoms with van der Waals surface area (Å²) in [6.07, 6.45) is 0. The summed E-state index contributed by atoms with van der Waals surface area (Å²) in [5.74, 6) is 0. The molecule has 0 unspecified atom stereocenters. The second-order valence-electron chi connectivity index (χ2n) is 22.3. The minimum atomic E-state index is 0.836. The highest BCUT2D eigenvalue weighted by atomic mass is 16.3. The van der Waals surface area contributed by atoms with Crippen LogP contribution < -0.4 is 9.80 Å². The predicted molar refractivity (Wildman–Crippen MR) is 362 cm³/mol. The summed E-state index contributed by atoms with van der Waals surface area (Å²) in [5, 5.41) is 13.8. The third kappa shape index (κ3) is 8.22. The maximum atomic E-state index is 6.90. The highest BCUT2D eigenvalue weighted by molar-refractivity contribution is 6.32. The van der Waals surface area contributed by atoms with E-state index >= 15 is 0 Å². The van der Waals surface area contributed by atoms with Crippen LogP contribution >= 0.6 is 0 Å². The number of fused-ring (bicyclic) bond motifs is 14. The van der Waals surface area contributed by atoms with Crippen LogP contribution in [0.3, 0.4) is 0 Å². The Morgan fingerprint density at radius 3 is 1.03 bits per heavy atom. The molecule has 0 bridgehead atoms. The minimum absolute atomic E-state index is 0.836. The molecule has 0 fully saturated rings. The van der Waals surface area contributed by atoms with E-state index in [0.29, 0.717) is 0 Å². The van der Waals surface area contributed by atoms with E-state index in [0.717, 1.165) is 128 Å². The first-order chi connectivity index (χ1) is 42.6. The van der Waals surface area contributed by atoms with Crippen LogP contribution in [-0.4, -0.2) is 0 Å². The van der Waals surface area contributed by atoms with E-state index in [4.69, 9.17) is 8.83 Å². The first-order valence-electron chi connectivity index (χ1n) is 29.4. The van der Waals surface area contributed by atoms with Crippen LogP contribution in [0.2, 0.25) is 0 Å². The number of anilines is 6. The van der Waals surface area contributed by atoms with E-state index in [-0.39, 0.29) is 0 Å². The topological polar surface area (TPSA) is 32.8 Å². The maximum absolute atomic E-state index is 6.90. The molecule has 4 heteroatoms. The van der Waals surface area contributed by atoms with Gasteiger partial charge in [0.25, 0.3) is 0 Å². The Hall–Kier alpha value is -11.5. The Morgan fingerprint density at radius 1 is 0.198 bits per heavy atom. The van der Waals surface area contributed by atoms with Crippen molar-refractivity contribution in [3.8, 4) is 44.5 Å². The van der Waals surface area contributed by atoms with Gasteiger partial charge in [0, 0.05) is 44.3 Å². The molecule has 86 heavy (non-hydrogen) atoms. The fourth-order valence-electron chi connectivity index (χ4n) is 13.4. The summed E-state index contributed by atoms with van der Waals surface area (Å²) < 4.78 is 13.8. The summed E-state index contributed by atoms with van der Waals surface area (Å²) in [6.45, 7) is 0. The van der Waals surface area contributed by atoms with Gasteiger partial charge in [0.2, 0.25) is 0 Å². The summed E-state index contributed by atoms with van der Waals surface area (Å²) >= 11 is 0. The largest absolute Gasteiger partial charge is 0.454 e. The van der Waals surface area contributed by atoms with Crippen molar-refractivity contribution in [3.63, 3.8) is 0 Å². The number of furan rings is 2. The van der Waals surface area contributed by atoms with Crippen molar-refractivity contribution >= 4 is 121 Å². The highest BCUT2D eigenvalue weighted by Gasteiger charge is 2.25. The third-order valence-electron chi connectivity index (χ3n) is 17.3. The van der Waals surface area contributed by atoms with Gasteiger partial charge < -0.3 is 18.6 Å². The number of rotatable bonds is 10. The van der Waals surface area contributed by atoms with Crippen LogP contribution in [0, 0.1) is 0 Å². The Kier molecular flexibility index (Phi) is 11.5. The van der Waals surface area contributed by atoms with Crippen LogP contribution in [0.25, 0.3) is 131 Å². The first-order valence-corrected chi connectivity index (χ1v) is 29.4. The van der Waals surface area contributed by atoms with Gasteiger partial charge in [0.1, 0.15) is 11.2 Å². The maximum Gasteiger partial charge on any atom is 0.159 e. The van der Waals surface area contributed by atoms with Gasteiger partial charge in [0.15, 0.2) is 11.2 Å². The Morgan fingerprint density at radius 2 is 0.558 bits per heavy atom. The fourth-order valence-corrected chi connectivity index (χ4v) is 13.4. The highest BCUT2D eigenvalue weighted by Crippen LogP contribution is 2.49. The van der Waals surface area contributed by atoms with Crippen molar-refractivity contribution in [2.24, 2.45) is 0 Å². The van der Waals surface area contributed by atoms with Gasteiger partial charge in [-0.3, -0.25) is 0 Å². The van der Waals surface area contributed by atoms with Gasteiger partial charge in [-0.05, 0) is 173 Å². The lowest BCUT2D eigenvalue weighted by Gasteiger charge is -2.28. The zero-order valence-electron chi connectivity index (χ0n) is 46.7. The van der Waals surface area contributed by atoms with Crippen molar-refractivity contribution in [2.75, 3.05) is 9.80 Å². The second kappa shape index (κ2) is 20.2. The van der Waals surface area contributed by atoms with Crippen molar-refractivity contribution in [1.82, 2.24) is 0 Å². The molecule has 2 heterocycles. The molecule has 4 nitrogen and oxygen atoms in total. The zero-order chi connectivity index (χ0) is 56.7. The van der Waals surface area contributed by atoms with Crippen molar-refractivity contribution in [1.29, 1.82) is 0 Å². The average Bonchev–Trinajstić information content (AvgIpc) is 1.48. The standard InChI is InChI=1S/C82H52N2O2/c1-5-21-53(22-6-1)58-45-59(54-23-7-2-8-24-54)49-64(48-58)83(76-35-19-33-73-69-30-15-17-37-78(69)85-81(73)76)62-40-43-66-57(47-62)39-42-72-68-44-41-63(52-75(68)67-29-13-14-32-71(67)80(66)72)84(77-36-20-34-74-70-31-16-18-38-79(70)86-82(74)77)65-50-60(55-25-9-3-10-26-55)46-61(51-65)56-27-11-4-12-28-56/h1-52H. The number of hydrogen-bond acceptors (Lipinski definition) is 4. The van der Waals surface area contributed by atoms with Crippen molar-refractivity contribution in [2.45, 2.75) is 0 Å². The number of benzene rings is 15. The third-order valence-corrected chi connectivity index (χ3v) is 17.3. The smallest absolute Gasteiger partial charge is 0.159 e. The number of para-hydroxylation sites is 4. The minimum Gasteiger partial charge on any atom is -0.454 e. The molecule has 0 radical (unpaired) electrons. The predicted octanol–water partition coefficient (Wildman–Crippen LogP) is 23.7. The number of hydrogen-bond donors (Lipinski definition) is 0. The molecule has 0 saturated heterocycles. The summed E-state index contributed by atoms with van der Waals surface area (Å²) in [5.41, 5.74) is 18.5. The molecule has 17 aromatic rings. The summed E-state index contributed by atoms with van der Waals surface area (Å²) in [6, 6.07) is 114. The molecule has 0 amide bonds. The SMILES string of the molecule is c1ccc(-c2cc(-c3ccccc3)cc(N(c3ccc4c(ccc5c6ccc(N(c7cc(-c8ccccc8)cc(-c8ccccc8)c7)c7cccc8c7oc7ccccc78)cc6c6ccccc6c45)c3)c3cccc4c3oc3ccccc34)c2)cc1. The molecule has 2 aromatic heterocycles. The molecule has 0 N–H and O–H groups in total. The molecule has 17 rings (SSSR count). The van der Waals surface area contributed by atoms with Crippen LogP contribution in [-0.2, 0) is 0 Å². The second-order valence-corrected chi connectivity index (χ2v) is 22.3. The van der Waals surface area contributed by atoms with Crippen molar-refractivity contribution in [3.05, 3.63) is 315 Å². The van der Waals surface area contributed by atoms with E-state index in [9.17, 15) is 0 Å². The summed E-state index contributed by atoms with van der Waals surface area (Å²) in [7, 11) is 0. The average molecular weight is 1100 g/mol. The van der Waals surface area contributed by atoms with E-state index in [1.165, 1.54) is 37.7 Å². The van der Waals surface area contributed by atoms with Crippen molar-refractivity contribution < 1.29 is 8.83 Å². The van der Waals surface area contributed by atoms with E-state index in [2.05, 4.69) is 313 Å². The monoisotopic (exact) mass is 1100 g/mol. The lowest BCUT2D eigenvalue weighted by atomic mass is 9.90. The Bertz CT molecular complexity index is 5330. The molecular weight excluding hydrogens is 1040 g/mol. The molecule has 0 aliphatic carbocycles. The molecular formula is C82H52N2O2. The Balaban J connectivity index is 0.876. The van der Waals surface area contributed by atoms with Crippen LogP contribution in [0.5, 0.6) is 0 Å². The lowest BCUT2D eigenvalue weighted by Crippen LogP contribution is -2.11. The molecule has 0 spiro atoms. The van der Waals surface area contributed by atoms with E-state index in [1.807, 2.05) is 12.1 Å². The molecule has 0 aliphatic heterocycles. The van der Waals surface area contributed by atoms with Crippen LogP contribution in [0.1, 0.15) is 0 Å². The fraction of sp³-hybridized carbons (Fsp3) is 0. The number of nitrogens with zero attached hydrogens (tertiary/aromatic N) is 2. The molecule has 0 saturated carbocycles. The molecule has 15 aromatic carbocycles. The van der Waals surface area contributed by atoms with Crippen LogP contribution in [0.4, 0.5) is 34.1 Å². The van der Waals surface area contributed by atoms with Crippen LogP contribution in [0.15, 0.2) is 324 Å². The van der Waals surface area contributed by atoms with Gasteiger partial charge in [-0.25, -0.2) is 0 Å². The zero-order valence-corrected chi connectivity index (χ0v) is 46.7. The van der Waals surface area contributed by atoms with Gasteiger partial charge in [-0.2, -0.15) is 0 Å².